The molecular formula is C16H24N4O6. The molecule has 3 aliphatic heterocycles. The highest BCUT2D eigenvalue weighted by Gasteiger charge is 2.48. The van der Waals surface area contributed by atoms with Crippen LogP contribution in [0.4, 0.5) is 9.59 Å². The molecule has 0 spiro atoms. The van der Waals surface area contributed by atoms with E-state index in [1.54, 1.807) is 27.7 Å². The minimum absolute atomic E-state index is 0.0309. The number of urea groups is 2. The summed E-state index contributed by atoms with van der Waals surface area (Å²) in [5, 5.41) is 5.19. The first-order valence-corrected chi connectivity index (χ1v) is 8.53. The number of carbonyl (C=O) groups excluding carboxylic acids is 4. The summed E-state index contributed by atoms with van der Waals surface area (Å²) in [4.78, 5) is 51.1. The third-order valence-corrected chi connectivity index (χ3v) is 4.58. The number of imide groups is 2. The van der Waals surface area contributed by atoms with Crippen molar-refractivity contribution in [3.05, 3.63) is 0 Å². The lowest BCUT2D eigenvalue weighted by molar-refractivity contribution is -0.133. The molecule has 3 rings (SSSR count). The first-order chi connectivity index (χ1) is 12.0. The maximum absolute atomic E-state index is 12.4. The molecule has 0 saturated carbocycles. The fraction of sp³-hybridized carbons (Fsp3) is 0.750. The predicted molar refractivity (Wildman–Crippen MR) is 88.1 cm³/mol. The molecule has 0 aromatic rings. The number of amides is 6. The van der Waals surface area contributed by atoms with Gasteiger partial charge in [-0.3, -0.25) is 19.4 Å². The van der Waals surface area contributed by atoms with E-state index in [2.05, 4.69) is 10.6 Å². The van der Waals surface area contributed by atoms with Crippen LogP contribution in [0.5, 0.6) is 0 Å². The molecule has 3 fully saturated rings. The lowest BCUT2D eigenvalue weighted by atomic mass is 10.1. The normalized spacial score (nSPS) is 26.6. The lowest BCUT2D eigenvalue weighted by Crippen LogP contribution is -2.47. The second-order valence-electron chi connectivity index (χ2n) is 7.85. The number of carbonyl (C=O) groups is 4. The monoisotopic (exact) mass is 368 g/mol. The third kappa shape index (κ3) is 3.51. The molecule has 144 valence electrons. The van der Waals surface area contributed by atoms with Gasteiger partial charge in [-0.05, 0) is 27.7 Å². The van der Waals surface area contributed by atoms with Crippen LogP contribution < -0.4 is 10.6 Å². The summed E-state index contributed by atoms with van der Waals surface area (Å²) in [6.45, 7) is 7.19. The molecule has 0 aromatic heterocycles. The predicted octanol–water partition coefficient (Wildman–Crippen LogP) is -0.569. The van der Waals surface area contributed by atoms with Crippen molar-refractivity contribution < 1.29 is 28.7 Å². The van der Waals surface area contributed by atoms with Gasteiger partial charge >= 0.3 is 12.1 Å². The van der Waals surface area contributed by atoms with Crippen LogP contribution in [0.2, 0.25) is 0 Å². The zero-order valence-corrected chi connectivity index (χ0v) is 15.3. The number of nitrogens with zero attached hydrogens (tertiary/aromatic N) is 2. The Morgan fingerprint density at radius 1 is 1.00 bits per heavy atom. The second-order valence-corrected chi connectivity index (χ2v) is 7.85. The van der Waals surface area contributed by atoms with Crippen LogP contribution in [-0.4, -0.2) is 83.3 Å². The van der Waals surface area contributed by atoms with Gasteiger partial charge in [0, 0.05) is 0 Å². The number of rotatable bonds is 7. The van der Waals surface area contributed by atoms with Crippen LogP contribution in [-0.2, 0) is 19.1 Å². The Bertz CT molecular complexity index is 609. The van der Waals surface area contributed by atoms with Gasteiger partial charge in [0.1, 0.15) is 17.2 Å². The molecule has 0 aromatic carbocycles. The molecule has 2 N–H and O–H groups in total. The zero-order valence-electron chi connectivity index (χ0n) is 15.3. The van der Waals surface area contributed by atoms with Crippen LogP contribution in [0, 0.1) is 0 Å². The molecule has 3 saturated heterocycles. The lowest BCUT2D eigenvalue weighted by Gasteiger charge is -2.26. The van der Waals surface area contributed by atoms with Crippen molar-refractivity contribution in [1.82, 2.24) is 20.4 Å². The van der Waals surface area contributed by atoms with Crippen molar-refractivity contribution in [2.45, 2.75) is 51.0 Å². The molecule has 10 nitrogen and oxygen atoms in total. The van der Waals surface area contributed by atoms with Crippen molar-refractivity contribution in [1.29, 1.82) is 0 Å². The molecule has 1 unspecified atom stereocenters. The van der Waals surface area contributed by atoms with Gasteiger partial charge in [0.15, 0.2) is 0 Å². The average molecular weight is 368 g/mol. The van der Waals surface area contributed by atoms with E-state index in [9.17, 15) is 19.2 Å². The highest BCUT2D eigenvalue weighted by Crippen LogP contribution is 2.21. The van der Waals surface area contributed by atoms with Crippen LogP contribution in [0.3, 0.4) is 0 Å². The van der Waals surface area contributed by atoms with Crippen LogP contribution >= 0.6 is 0 Å². The number of nitrogens with one attached hydrogen (secondary N) is 2. The summed E-state index contributed by atoms with van der Waals surface area (Å²) < 4.78 is 10.9. The second kappa shape index (κ2) is 6.20. The van der Waals surface area contributed by atoms with Crippen molar-refractivity contribution in [3.8, 4) is 0 Å². The summed E-state index contributed by atoms with van der Waals surface area (Å²) in [6.07, 6.45) is -0.733. The van der Waals surface area contributed by atoms with Gasteiger partial charge in [-0.15, -0.1) is 0 Å². The molecule has 0 bridgehead atoms. The Labute approximate surface area is 151 Å². The van der Waals surface area contributed by atoms with E-state index in [0.717, 1.165) is 9.80 Å². The van der Waals surface area contributed by atoms with Crippen molar-refractivity contribution in [2.24, 2.45) is 0 Å². The highest BCUT2D eigenvalue weighted by atomic mass is 16.6. The van der Waals surface area contributed by atoms with Gasteiger partial charge < -0.3 is 20.1 Å². The largest absolute Gasteiger partial charge is 0.372 e. The first kappa shape index (κ1) is 18.6. The fourth-order valence-corrected chi connectivity index (χ4v) is 2.95. The van der Waals surface area contributed by atoms with Gasteiger partial charge in [-0.2, -0.15) is 0 Å². The van der Waals surface area contributed by atoms with Crippen LogP contribution in [0.1, 0.15) is 27.7 Å². The number of ether oxygens (including phenoxy) is 2. The van der Waals surface area contributed by atoms with E-state index in [-0.39, 0.29) is 37.6 Å². The van der Waals surface area contributed by atoms with Gasteiger partial charge in [0.05, 0.1) is 32.4 Å². The molecule has 3 heterocycles. The summed E-state index contributed by atoms with van der Waals surface area (Å²) in [5.41, 5.74) is -1.99. The standard InChI is InChI=1S/C16H24N4O6/c1-15(2)11(21)19(13(23)17-15)5-9(25-7-10-8-26-10)6-20-12(22)16(3,4)18-14(20)24/h9-10H,5-8H2,1-4H3,(H,17,23)(H,18,24). The molecule has 6 amide bonds. The van der Waals surface area contributed by atoms with E-state index in [1.165, 1.54) is 0 Å². The quantitative estimate of drug-likeness (QED) is 0.459. The Morgan fingerprint density at radius 3 is 1.73 bits per heavy atom. The zero-order chi connectivity index (χ0) is 19.3. The summed E-state index contributed by atoms with van der Waals surface area (Å²) in [5.74, 6) is -0.757. The van der Waals surface area contributed by atoms with Crippen LogP contribution in [0.25, 0.3) is 0 Å². The Balaban J connectivity index is 1.71. The highest BCUT2D eigenvalue weighted by molar-refractivity contribution is 6.07. The van der Waals surface area contributed by atoms with E-state index >= 15 is 0 Å². The Hall–Kier alpha value is -2.20. The molecule has 26 heavy (non-hydrogen) atoms. The maximum Gasteiger partial charge on any atom is 0.325 e. The number of hydrogen-bond acceptors (Lipinski definition) is 6. The van der Waals surface area contributed by atoms with Gasteiger partial charge in [-0.1, -0.05) is 0 Å². The summed E-state index contributed by atoms with van der Waals surface area (Å²) in [7, 11) is 0. The number of epoxide rings is 1. The van der Waals surface area contributed by atoms with E-state index in [0.29, 0.717) is 6.61 Å². The maximum atomic E-state index is 12.4. The van der Waals surface area contributed by atoms with E-state index in [1.807, 2.05) is 0 Å². The van der Waals surface area contributed by atoms with Gasteiger partial charge in [0.2, 0.25) is 0 Å². The van der Waals surface area contributed by atoms with Crippen molar-refractivity contribution in [2.75, 3.05) is 26.3 Å². The molecule has 10 heteroatoms. The summed E-state index contributed by atoms with van der Waals surface area (Å²) in [6, 6.07) is -1.04. The molecule has 0 aliphatic carbocycles. The van der Waals surface area contributed by atoms with Crippen molar-refractivity contribution >= 4 is 23.9 Å². The average Bonchev–Trinajstić information content (AvgIpc) is 3.29. The topological polar surface area (TPSA) is 121 Å². The summed E-state index contributed by atoms with van der Waals surface area (Å²) >= 11 is 0. The fourth-order valence-electron chi connectivity index (χ4n) is 2.95. The number of hydrogen-bond donors (Lipinski definition) is 2. The minimum Gasteiger partial charge on any atom is -0.372 e. The molecule has 0 radical (unpaired) electrons. The van der Waals surface area contributed by atoms with E-state index < -0.39 is 29.2 Å². The minimum atomic E-state index is -0.996. The van der Waals surface area contributed by atoms with Gasteiger partial charge in [0.25, 0.3) is 11.8 Å². The molecule has 1 atom stereocenters. The van der Waals surface area contributed by atoms with Crippen molar-refractivity contribution in [3.63, 3.8) is 0 Å². The molecular weight excluding hydrogens is 344 g/mol. The smallest absolute Gasteiger partial charge is 0.325 e. The van der Waals surface area contributed by atoms with E-state index in [4.69, 9.17) is 9.47 Å². The first-order valence-electron chi connectivity index (χ1n) is 8.53. The Kier molecular flexibility index (Phi) is 4.43. The third-order valence-electron chi connectivity index (χ3n) is 4.58. The Morgan fingerprint density at radius 2 is 1.42 bits per heavy atom. The SMILES string of the molecule is CC1(C)NC(=O)N(CC(CN2C(=O)NC(C)(C)C2=O)OCC2CO2)C1=O. The molecule has 3 aliphatic rings. The van der Waals surface area contributed by atoms with Crippen LogP contribution in [0.15, 0.2) is 0 Å². The van der Waals surface area contributed by atoms with Gasteiger partial charge in [-0.25, -0.2) is 9.59 Å².